The third kappa shape index (κ3) is 5.44. The van der Waals surface area contributed by atoms with Crippen LogP contribution in [0.2, 0.25) is 0 Å². The first-order chi connectivity index (χ1) is 16.9. The molecule has 0 spiro atoms. The van der Waals surface area contributed by atoms with Gasteiger partial charge in [-0.2, -0.15) is 0 Å². The number of nitrogens with zero attached hydrogens (tertiary/aromatic N) is 3. The van der Waals surface area contributed by atoms with Crippen molar-refractivity contribution in [2.45, 2.75) is 33.1 Å². The normalized spacial score (nSPS) is 11.1. The molecule has 0 atom stereocenters. The van der Waals surface area contributed by atoms with Gasteiger partial charge in [0.2, 0.25) is 5.95 Å². The number of benzene rings is 2. The molecular formula is C27H35N5O3. The minimum absolute atomic E-state index is 0. The summed E-state index contributed by atoms with van der Waals surface area (Å²) in [5, 5.41) is 14.9. The molecule has 2 heterocycles. The van der Waals surface area contributed by atoms with E-state index in [0.29, 0.717) is 17.4 Å². The molecule has 2 aromatic heterocycles. The van der Waals surface area contributed by atoms with Crippen LogP contribution in [0.3, 0.4) is 0 Å². The van der Waals surface area contributed by atoms with Crippen LogP contribution in [-0.2, 0) is 13.5 Å². The van der Waals surface area contributed by atoms with Crippen molar-refractivity contribution >= 4 is 28.6 Å². The summed E-state index contributed by atoms with van der Waals surface area (Å²) in [6.07, 6.45) is 2.52. The molecule has 8 nitrogen and oxygen atoms in total. The van der Waals surface area contributed by atoms with E-state index in [1.54, 1.807) is 12.1 Å². The lowest BCUT2D eigenvalue weighted by Gasteiger charge is -2.14. The standard InChI is InChI=1S/C27H31N5O3.2H2/c1-5-18-6-7-19(14-22(18)17(2)3)30-27-31-23-15-20(8-9-25(23)32(27)4)35-21-10-11-28-24(16-21)26(34)29-12-13-33;;/h6-11,14-17,33H,5,12-13H2,1-4H3,(H,29,34)(H,30,31);2*1H. The van der Waals surface area contributed by atoms with Gasteiger partial charge in [-0.05, 0) is 53.8 Å². The second-order valence-electron chi connectivity index (χ2n) is 8.65. The number of rotatable bonds is 9. The van der Waals surface area contributed by atoms with Gasteiger partial charge < -0.3 is 25.0 Å². The second-order valence-corrected chi connectivity index (χ2v) is 8.65. The molecule has 0 aliphatic carbocycles. The largest absolute Gasteiger partial charge is 0.457 e. The smallest absolute Gasteiger partial charge is 0.270 e. The van der Waals surface area contributed by atoms with Crippen LogP contribution in [0.25, 0.3) is 11.0 Å². The first-order valence-electron chi connectivity index (χ1n) is 11.8. The van der Waals surface area contributed by atoms with Crippen molar-refractivity contribution in [2.24, 2.45) is 7.05 Å². The fraction of sp³-hybridized carbons (Fsp3) is 0.296. The molecule has 8 heteroatoms. The lowest BCUT2D eigenvalue weighted by Crippen LogP contribution is -2.27. The number of aryl methyl sites for hydroxylation is 2. The van der Waals surface area contributed by atoms with Crippen molar-refractivity contribution in [3.63, 3.8) is 0 Å². The van der Waals surface area contributed by atoms with Crippen molar-refractivity contribution in [3.05, 3.63) is 71.5 Å². The number of nitrogens with one attached hydrogen (secondary N) is 2. The van der Waals surface area contributed by atoms with E-state index in [-0.39, 0.29) is 27.6 Å². The lowest BCUT2D eigenvalue weighted by molar-refractivity contribution is 0.0939. The molecule has 0 saturated carbocycles. The number of hydrogen-bond donors (Lipinski definition) is 3. The van der Waals surface area contributed by atoms with Gasteiger partial charge in [0.25, 0.3) is 5.91 Å². The van der Waals surface area contributed by atoms with E-state index in [1.165, 1.54) is 17.3 Å². The SMILES string of the molecule is CCc1ccc(Nc2nc3cc(Oc4ccnc(C(=O)NCCO)c4)ccc3n2C)cc1C(C)C.[HH].[HH]. The second kappa shape index (κ2) is 10.6. The number of fused-ring (bicyclic) bond motifs is 1. The van der Waals surface area contributed by atoms with Gasteiger partial charge >= 0.3 is 0 Å². The summed E-state index contributed by atoms with van der Waals surface area (Å²) in [6, 6.07) is 15.4. The molecule has 4 aromatic rings. The maximum Gasteiger partial charge on any atom is 0.270 e. The Labute approximate surface area is 208 Å². The van der Waals surface area contributed by atoms with Crippen LogP contribution in [0.5, 0.6) is 11.5 Å². The average Bonchev–Trinajstić information content (AvgIpc) is 3.16. The summed E-state index contributed by atoms with van der Waals surface area (Å²) in [6.45, 7) is 6.63. The van der Waals surface area contributed by atoms with E-state index < -0.39 is 0 Å². The highest BCUT2D eigenvalue weighted by Crippen LogP contribution is 2.30. The number of imidazole rings is 1. The molecule has 35 heavy (non-hydrogen) atoms. The average molecular weight is 478 g/mol. The topological polar surface area (TPSA) is 101 Å². The molecule has 0 fully saturated rings. The van der Waals surface area contributed by atoms with Crippen LogP contribution < -0.4 is 15.4 Å². The van der Waals surface area contributed by atoms with Crippen molar-refractivity contribution in [1.29, 1.82) is 0 Å². The number of carbonyl (C=O) groups excluding carboxylic acids is 1. The highest BCUT2D eigenvalue weighted by Gasteiger charge is 2.13. The zero-order valence-corrected chi connectivity index (χ0v) is 20.5. The Morgan fingerprint density at radius 3 is 2.69 bits per heavy atom. The third-order valence-electron chi connectivity index (χ3n) is 5.85. The van der Waals surface area contributed by atoms with Gasteiger partial charge in [-0.3, -0.25) is 9.78 Å². The van der Waals surface area contributed by atoms with Crippen molar-refractivity contribution in [3.8, 4) is 11.5 Å². The van der Waals surface area contributed by atoms with E-state index in [0.717, 1.165) is 29.1 Å². The molecule has 0 radical (unpaired) electrons. The molecular weight excluding hydrogens is 442 g/mol. The number of aromatic nitrogens is 3. The van der Waals surface area contributed by atoms with Gasteiger partial charge in [-0.1, -0.05) is 26.8 Å². The predicted molar refractivity (Wildman–Crippen MR) is 142 cm³/mol. The number of hydrogen-bond acceptors (Lipinski definition) is 6. The fourth-order valence-electron chi connectivity index (χ4n) is 4.01. The summed E-state index contributed by atoms with van der Waals surface area (Å²) in [4.78, 5) is 21.0. The molecule has 186 valence electrons. The van der Waals surface area contributed by atoms with Crippen LogP contribution in [0.1, 0.15) is 51.2 Å². The van der Waals surface area contributed by atoms with Crippen LogP contribution in [0, 0.1) is 0 Å². The summed E-state index contributed by atoms with van der Waals surface area (Å²) < 4.78 is 7.99. The molecule has 0 unspecified atom stereocenters. The van der Waals surface area contributed by atoms with Crippen molar-refractivity contribution in [1.82, 2.24) is 19.9 Å². The van der Waals surface area contributed by atoms with E-state index in [2.05, 4.69) is 54.6 Å². The Hall–Kier alpha value is -3.91. The highest BCUT2D eigenvalue weighted by atomic mass is 16.5. The summed E-state index contributed by atoms with van der Waals surface area (Å²) in [5.74, 6) is 1.90. The highest BCUT2D eigenvalue weighted by molar-refractivity contribution is 5.92. The number of anilines is 2. The molecule has 0 saturated heterocycles. The van der Waals surface area contributed by atoms with Gasteiger partial charge in [0, 0.05) is 40.5 Å². The summed E-state index contributed by atoms with van der Waals surface area (Å²) in [7, 11) is 1.97. The summed E-state index contributed by atoms with van der Waals surface area (Å²) in [5.41, 5.74) is 5.68. The Kier molecular flexibility index (Phi) is 7.31. The van der Waals surface area contributed by atoms with Crippen LogP contribution in [-0.4, -0.2) is 38.7 Å². The molecule has 2 aromatic carbocycles. The Morgan fingerprint density at radius 2 is 1.94 bits per heavy atom. The number of carbonyl (C=O) groups is 1. The number of aliphatic hydroxyl groups excluding tert-OH is 1. The number of amides is 1. The van der Waals surface area contributed by atoms with Crippen LogP contribution in [0.15, 0.2) is 54.7 Å². The lowest BCUT2D eigenvalue weighted by atomic mass is 9.95. The number of pyridine rings is 1. The first-order valence-corrected chi connectivity index (χ1v) is 11.8. The summed E-state index contributed by atoms with van der Waals surface area (Å²) >= 11 is 0. The first kappa shape index (κ1) is 24.2. The molecule has 0 bridgehead atoms. The van der Waals surface area contributed by atoms with E-state index in [1.807, 2.05) is 29.8 Å². The third-order valence-corrected chi connectivity index (χ3v) is 5.85. The number of ether oxygens (including phenoxy) is 1. The monoisotopic (exact) mass is 477 g/mol. The Balaban J connectivity index is 0.00000241. The van der Waals surface area contributed by atoms with Gasteiger partial charge in [-0.15, -0.1) is 0 Å². The maximum absolute atomic E-state index is 12.1. The van der Waals surface area contributed by atoms with E-state index in [4.69, 9.17) is 14.8 Å². The van der Waals surface area contributed by atoms with E-state index >= 15 is 0 Å². The Bertz CT molecular complexity index is 1360. The van der Waals surface area contributed by atoms with Gasteiger partial charge in [-0.25, -0.2) is 4.98 Å². The quantitative estimate of drug-likeness (QED) is 0.298. The molecule has 3 N–H and O–H groups in total. The molecule has 0 aliphatic heterocycles. The van der Waals surface area contributed by atoms with Gasteiger partial charge in [0.15, 0.2) is 0 Å². The molecule has 1 amide bonds. The zero-order chi connectivity index (χ0) is 24.9. The number of aliphatic hydroxyl groups is 1. The van der Waals surface area contributed by atoms with Gasteiger partial charge in [0.05, 0.1) is 17.6 Å². The minimum atomic E-state index is -0.368. The van der Waals surface area contributed by atoms with Crippen molar-refractivity contribution < 1.29 is 17.5 Å². The van der Waals surface area contributed by atoms with Crippen LogP contribution >= 0.6 is 0 Å². The maximum atomic E-state index is 12.1. The van der Waals surface area contributed by atoms with Crippen LogP contribution in [0.4, 0.5) is 11.6 Å². The Morgan fingerprint density at radius 1 is 1.14 bits per heavy atom. The molecule has 4 rings (SSSR count). The van der Waals surface area contributed by atoms with E-state index in [9.17, 15) is 4.79 Å². The predicted octanol–water partition coefficient (Wildman–Crippen LogP) is 5.40. The fourth-order valence-corrected chi connectivity index (χ4v) is 4.01. The minimum Gasteiger partial charge on any atom is -0.457 e. The van der Waals surface area contributed by atoms with Gasteiger partial charge in [0.1, 0.15) is 17.2 Å². The van der Waals surface area contributed by atoms with Crippen molar-refractivity contribution in [2.75, 3.05) is 18.5 Å². The molecule has 0 aliphatic rings. The zero-order valence-electron chi connectivity index (χ0n) is 20.5.